The summed E-state index contributed by atoms with van der Waals surface area (Å²) in [4.78, 5) is 0. The van der Waals surface area contributed by atoms with E-state index in [1.165, 1.54) is 41.5 Å². The van der Waals surface area contributed by atoms with Gasteiger partial charge in [-0.15, -0.1) is 0 Å². The van der Waals surface area contributed by atoms with Crippen LogP contribution in [-0.2, 0) is 4.52 Å². The molecule has 0 amide bonds. The second-order valence-corrected chi connectivity index (χ2v) is 15.0. The van der Waals surface area contributed by atoms with E-state index in [1.54, 1.807) is 0 Å². The molecule has 0 radical (unpaired) electrons. The Bertz CT molecular complexity index is 403. The van der Waals surface area contributed by atoms with Gasteiger partial charge in [0.05, 0.1) is 0 Å². The van der Waals surface area contributed by atoms with Crippen molar-refractivity contribution in [3.8, 4) is 0 Å². The average molecular weight is 361 g/mol. The van der Waals surface area contributed by atoms with Crippen molar-refractivity contribution in [3.05, 3.63) is 0 Å². The van der Waals surface area contributed by atoms with Crippen molar-refractivity contribution in [1.82, 2.24) is 0 Å². The zero-order valence-corrected chi connectivity index (χ0v) is 14.4. The number of rotatable bonds is 0. The van der Waals surface area contributed by atoms with Gasteiger partial charge in [0.15, 0.2) is 0 Å². The fourth-order valence-corrected chi connectivity index (χ4v) is 9.28. The third-order valence-corrected chi connectivity index (χ3v) is 15.1. The fraction of sp³-hybridized carbons (Fsp3) is 1.00. The molecule has 0 atom stereocenters. The second kappa shape index (κ2) is 4.21. The molecule has 0 spiro atoms. The minimum atomic E-state index is -5.56. The molecule has 0 aromatic carbocycles. The fourth-order valence-electron chi connectivity index (χ4n) is 2.91. The van der Waals surface area contributed by atoms with Crippen LogP contribution in [0, 0.1) is 0 Å². The first kappa shape index (κ1) is 19.3. The number of hydrogen-bond donors (Lipinski definition) is 0. The van der Waals surface area contributed by atoms with Crippen LogP contribution in [0.15, 0.2) is 0 Å². The zero-order chi connectivity index (χ0) is 17.4. The number of hydrogen-bond acceptors (Lipinski definition) is 1. The van der Waals surface area contributed by atoms with Crippen LogP contribution in [0.25, 0.3) is 0 Å². The Balaban J connectivity index is 3.52. The third-order valence-electron chi connectivity index (χ3n) is 4.44. The first-order valence-corrected chi connectivity index (χ1v) is 9.55. The van der Waals surface area contributed by atoms with Crippen molar-refractivity contribution in [2.24, 2.45) is 0 Å². The Morgan fingerprint density at radius 3 is 1.19 bits per heavy atom. The molecule has 0 saturated carbocycles. The van der Waals surface area contributed by atoms with Gasteiger partial charge in [-0.3, -0.25) is 0 Å². The monoisotopic (exact) mass is 360 g/mol. The van der Waals surface area contributed by atoms with Crippen LogP contribution < -0.4 is 0 Å². The Hall–Kier alpha value is 0.260. The van der Waals surface area contributed by atoms with E-state index in [9.17, 15) is 26.3 Å². The van der Waals surface area contributed by atoms with Crippen LogP contribution in [0.2, 0.25) is 0 Å². The molecule has 1 heterocycles. The van der Waals surface area contributed by atoms with Gasteiger partial charge >= 0.3 is 124 Å². The average Bonchev–Trinajstić information content (AvgIpc) is 2.03. The molecule has 21 heavy (non-hydrogen) atoms. The van der Waals surface area contributed by atoms with Crippen LogP contribution >= 0.6 is 17.4 Å². The van der Waals surface area contributed by atoms with Crippen molar-refractivity contribution in [2.75, 3.05) is 6.16 Å². The maximum atomic E-state index is 13.1. The van der Waals surface area contributed by atoms with Crippen molar-refractivity contribution in [1.29, 1.82) is 0 Å². The summed E-state index contributed by atoms with van der Waals surface area (Å²) < 4.78 is 83.2. The molecule has 1 saturated heterocycles. The summed E-state index contributed by atoms with van der Waals surface area (Å²) in [7, 11) is 0. The molecule has 9 heteroatoms. The normalized spacial score (nSPS) is 27.4. The molecule has 1 fully saturated rings. The Morgan fingerprint density at radius 2 is 1.05 bits per heavy atom. The van der Waals surface area contributed by atoms with E-state index in [-0.39, 0.29) is 0 Å². The molecule has 1 aliphatic rings. The Labute approximate surface area is 125 Å². The zero-order valence-electron chi connectivity index (χ0n) is 12.7. The third kappa shape index (κ3) is 2.13. The summed E-state index contributed by atoms with van der Waals surface area (Å²) >= 11 is 6.52. The van der Waals surface area contributed by atoms with E-state index in [1.807, 2.05) is 0 Å². The molecule has 0 aliphatic carbocycles. The summed E-state index contributed by atoms with van der Waals surface area (Å²) in [5.41, 5.74) is -4.17. The van der Waals surface area contributed by atoms with Crippen LogP contribution in [0.4, 0.5) is 26.3 Å². The minimum absolute atomic E-state index is 1.02. The van der Waals surface area contributed by atoms with Gasteiger partial charge in [0, 0.05) is 0 Å². The van der Waals surface area contributed by atoms with E-state index in [0.29, 0.717) is 0 Å². The predicted octanol–water partition coefficient (Wildman–Crippen LogP) is 6.10. The molecule has 0 aromatic rings. The summed E-state index contributed by atoms with van der Waals surface area (Å²) in [6, 6.07) is 0. The second-order valence-electron chi connectivity index (χ2n) is 7.51. The van der Waals surface area contributed by atoms with Crippen molar-refractivity contribution in [2.45, 2.75) is 69.8 Å². The van der Waals surface area contributed by atoms with Crippen LogP contribution in [0.5, 0.6) is 0 Å². The van der Waals surface area contributed by atoms with E-state index in [4.69, 9.17) is 15.8 Å². The van der Waals surface area contributed by atoms with Gasteiger partial charge in [-0.25, -0.2) is 0 Å². The first-order chi connectivity index (χ1) is 8.73. The molecule has 1 nitrogen and oxygen atoms in total. The molecule has 1 rings (SSSR count). The molecular weight excluding hydrogens is 341 g/mol. The van der Waals surface area contributed by atoms with E-state index in [2.05, 4.69) is 0 Å². The van der Waals surface area contributed by atoms with Gasteiger partial charge < -0.3 is 0 Å². The van der Waals surface area contributed by atoms with Gasteiger partial charge in [0.2, 0.25) is 0 Å². The number of alkyl halides is 6. The van der Waals surface area contributed by atoms with Gasteiger partial charge in [-0.05, 0) is 0 Å². The quantitative estimate of drug-likeness (QED) is 0.374. The van der Waals surface area contributed by atoms with Gasteiger partial charge in [-0.2, -0.15) is 0 Å². The van der Waals surface area contributed by atoms with Crippen molar-refractivity contribution >= 4 is 17.4 Å². The summed E-state index contributed by atoms with van der Waals surface area (Å²) in [5, 5.41) is -2.04. The van der Waals surface area contributed by atoms with E-state index in [0.717, 1.165) is 0 Å². The van der Waals surface area contributed by atoms with Crippen LogP contribution in [0.1, 0.15) is 41.5 Å². The van der Waals surface area contributed by atoms with Crippen LogP contribution in [-0.4, -0.2) is 34.4 Å². The van der Waals surface area contributed by atoms with E-state index >= 15 is 0 Å². The summed E-state index contributed by atoms with van der Waals surface area (Å²) in [6.07, 6.45) is -16.6. The van der Waals surface area contributed by atoms with Gasteiger partial charge in [0.1, 0.15) is 0 Å². The molecule has 128 valence electrons. The SMILES string of the molecule is CC(C)(C)P1(Cl)(C(C)(C)C)CC(C(F)(F)F)(C(F)(F)F)O1. The summed E-state index contributed by atoms with van der Waals surface area (Å²) in [6.45, 7) is 9.17. The van der Waals surface area contributed by atoms with Crippen LogP contribution in [0.3, 0.4) is 0 Å². The van der Waals surface area contributed by atoms with Gasteiger partial charge in [-0.1, -0.05) is 0 Å². The Kier molecular flexibility index (Phi) is 3.87. The molecule has 0 unspecified atom stereocenters. The van der Waals surface area contributed by atoms with Crippen molar-refractivity contribution in [3.63, 3.8) is 0 Å². The summed E-state index contributed by atoms with van der Waals surface area (Å²) in [5.74, 6) is 0. The Morgan fingerprint density at radius 1 is 0.810 bits per heavy atom. The first-order valence-electron chi connectivity index (χ1n) is 6.31. The molecular formula is C12H20ClF6OP. The molecule has 0 N–H and O–H groups in total. The molecule has 0 aromatic heterocycles. The molecule has 0 bridgehead atoms. The maximum absolute atomic E-state index is 13.1. The van der Waals surface area contributed by atoms with Crippen molar-refractivity contribution < 1.29 is 30.9 Å². The number of halogens is 7. The standard InChI is InChI=1S/C12H20ClF6OP/c1-8(2,3)21(13,9(4,5)6)7-10(20-21,11(14,15)16)12(17,18)19/h7H2,1-6H3. The predicted molar refractivity (Wildman–Crippen MR) is 73.1 cm³/mol. The van der Waals surface area contributed by atoms with E-state index < -0.39 is 40.6 Å². The molecule has 1 aliphatic heterocycles. The van der Waals surface area contributed by atoms with Gasteiger partial charge in [0.25, 0.3) is 0 Å². The topological polar surface area (TPSA) is 9.23 Å².